The van der Waals surface area contributed by atoms with Gasteiger partial charge in [-0.15, -0.1) is 0 Å². The molecule has 0 saturated heterocycles. The van der Waals surface area contributed by atoms with Crippen molar-refractivity contribution in [1.82, 2.24) is 0 Å². The van der Waals surface area contributed by atoms with E-state index in [0.29, 0.717) is 0 Å². The maximum atomic E-state index is 12.3. The van der Waals surface area contributed by atoms with E-state index in [0.717, 1.165) is 26.2 Å². The summed E-state index contributed by atoms with van der Waals surface area (Å²) in [7, 11) is -4.55. The van der Waals surface area contributed by atoms with Crippen LogP contribution in [0.2, 0.25) is 0 Å². The monoisotopic (exact) mass is 452 g/mol. The Morgan fingerprint density at radius 1 is 0.931 bits per heavy atom. The molecule has 0 fully saturated rings. The molecule has 1 unspecified atom stereocenters. The summed E-state index contributed by atoms with van der Waals surface area (Å²) < 4.78 is 42.7. The molecular formula is C20H29KO7S. The number of carbonyl (C=O) groups is 2. The van der Waals surface area contributed by atoms with Crippen molar-refractivity contribution in [2.45, 2.75) is 64.0 Å². The first kappa shape index (κ1) is 28.7. The summed E-state index contributed by atoms with van der Waals surface area (Å²) >= 11 is 0. The number of carbonyl (C=O) groups excluding carboxylic acids is 2. The van der Waals surface area contributed by atoms with Crippen LogP contribution in [0.1, 0.15) is 79.5 Å². The number of ether oxygens (including phenoxy) is 2. The van der Waals surface area contributed by atoms with E-state index in [9.17, 15) is 22.6 Å². The van der Waals surface area contributed by atoms with Gasteiger partial charge in [0.25, 0.3) is 0 Å². The molecule has 0 aliphatic rings. The summed E-state index contributed by atoms with van der Waals surface area (Å²) in [5, 5.41) is -1.37. The average Bonchev–Trinajstić information content (AvgIpc) is 2.66. The first-order chi connectivity index (χ1) is 13.3. The van der Waals surface area contributed by atoms with Crippen LogP contribution in [0.15, 0.2) is 24.3 Å². The molecular weight excluding hydrogens is 423 g/mol. The SMILES string of the molecule is CCCCCCCCCOC(=O)c1ccccc1C(=O)OCC(C)S(=O)(=O)[O-].[K+]. The number of benzene rings is 1. The average molecular weight is 453 g/mol. The third kappa shape index (κ3) is 11.6. The van der Waals surface area contributed by atoms with Crippen LogP contribution in [0.5, 0.6) is 0 Å². The third-order valence-electron chi connectivity index (χ3n) is 4.29. The molecule has 0 bridgehead atoms. The fourth-order valence-electron chi connectivity index (χ4n) is 2.50. The first-order valence-electron chi connectivity index (χ1n) is 9.65. The molecule has 1 atom stereocenters. The van der Waals surface area contributed by atoms with Gasteiger partial charge >= 0.3 is 63.3 Å². The molecule has 7 nitrogen and oxygen atoms in total. The van der Waals surface area contributed by atoms with E-state index in [1.807, 2.05) is 0 Å². The molecule has 0 spiro atoms. The van der Waals surface area contributed by atoms with Crippen LogP contribution in [0.25, 0.3) is 0 Å². The van der Waals surface area contributed by atoms with Crippen LogP contribution in [-0.2, 0) is 19.6 Å². The van der Waals surface area contributed by atoms with E-state index in [1.54, 1.807) is 12.1 Å². The molecule has 0 aliphatic carbocycles. The van der Waals surface area contributed by atoms with Crippen molar-refractivity contribution in [1.29, 1.82) is 0 Å². The molecule has 0 aromatic heterocycles. The van der Waals surface area contributed by atoms with Crippen molar-refractivity contribution in [2.24, 2.45) is 0 Å². The van der Waals surface area contributed by atoms with Gasteiger partial charge in [-0.2, -0.15) is 0 Å². The van der Waals surface area contributed by atoms with Crippen LogP contribution >= 0.6 is 0 Å². The summed E-state index contributed by atoms with van der Waals surface area (Å²) in [5.74, 6) is -1.51. The Morgan fingerprint density at radius 2 is 1.41 bits per heavy atom. The summed E-state index contributed by atoms with van der Waals surface area (Å²) in [6.45, 7) is 3.00. The van der Waals surface area contributed by atoms with Crippen molar-refractivity contribution in [2.75, 3.05) is 13.2 Å². The van der Waals surface area contributed by atoms with E-state index in [2.05, 4.69) is 6.92 Å². The Bertz CT molecular complexity index is 734. The Labute approximate surface area is 216 Å². The van der Waals surface area contributed by atoms with Gasteiger partial charge in [-0.1, -0.05) is 57.6 Å². The summed E-state index contributed by atoms with van der Waals surface area (Å²) in [5.41, 5.74) is 0.0237. The zero-order chi connectivity index (χ0) is 21.0. The molecule has 29 heavy (non-hydrogen) atoms. The van der Waals surface area contributed by atoms with Crippen molar-refractivity contribution in [3.05, 3.63) is 35.4 Å². The van der Waals surface area contributed by atoms with Gasteiger partial charge in [0.2, 0.25) is 0 Å². The maximum absolute atomic E-state index is 12.3. The predicted molar refractivity (Wildman–Crippen MR) is 104 cm³/mol. The summed E-state index contributed by atoms with van der Waals surface area (Å²) in [4.78, 5) is 24.4. The second-order valence-electron chi connectivity index (χ2n) is 6.70. The Morgan fingerprint density at radius 3 is 1.93 bits per heavy atom. The van der Waals surface area contributed by atoms with Gasteiger partial charge < -0.3 is 14.0 Å². The Hall–Kier alpha value is -0.294. The van der Waals surface area contributed by atoms with E-state index < -0.39 is 33.9 Å². The normalized spacial score (nSPS) is 12.0. The van der Waals surface area contributed by atoms with E-state index >= 15 is 0 Å². The second-order valence-corrected chi connectivity index (χ2v) is 8.50. The van der Waals surface area contributed by atoms with Crippen LogP contribution < -0.4 is 51.4 Å². The number of hydrogen-bond acceptors (Lipinski definition) is 7. The van der Waals surface area contributed by atoms with E-state index in [4.69, 9.17) is 9.47 Å². The molecule has 0 amide bonds. The summed E-state index contributed by atoms with van der Waals surface area (Å²) in [6, 6.07) is 5.98. The third-order valence-corrected chi connectivity index (χ3v) is 5.41. The molecule has 158 valence electrons. The van der Waals surface area contributed by atoms with Crippen molar-refractivity contribution < 1.29 is 83.4 Å². The van der Waals surface area contributed by atoms with E-state index in [-0.39, 0.29) is 69.1 Å². The van der Waals surface area contributed by atoms with Crippen LogP contribution in [-0.4, -0.2) is 43.4 Å². The van der Waals surface area contributed by atoms with Gasteiger partial charge in [-0.3, -0.25) is 0 Å². The smallest absolute Gasteiger partial charge is 0.748 e. The zero-order valence-electron chi connectivity index (χ0n) is 17.5. The number of unbranched alkanes of at least 4 members (excludes halogenated alkanes) is 6. The minimum atomic E-state index is -4.55. The van der Waals surface area contributed by atoms with Gasteiger partial charge in [-0.05, 0) is 25.5 Å². The van der Waals surface area contributed by atoms with Gasteiger partial charge in [0.05, 0.1) is 23.0 Å². The number of hydrogen-bond donors (Lipinski definition) is 0. The molecule has 0 heterocycles. The van der Waals surface area contributed by atoms with Gasteiger partial charge in [-0.25, -0.2) is 18.0 Å². The summed E-state index contributed by atoms with van der Waals surface area (Å²) in [6.07, 6.45) is 7.66. The fourth-order valence-corrected chi connectivity index (χ4v) is 2.73. The van der Waals surface area contributed by atoms with Gasteiger partial charge in [0.15, 0.2) is 0 Å². The van der Waals surface area contributed by atoms with Crippen molar-refractivity contribution in [3.8, 4) is 0 Å². The van der Waals surface area contributed by atoms with Gasteiger partial charge in [0, 0.05) is 0 Å². The van der Waals surface area contributed by atoms with Crippen molar-refractivity contribution >= 4 is 22.1 Å². The van der Waals surface area contributed by atoms with Crippen LogP contribution in [0.3, 0.4) is 0 Å². The van der Waals surface area contributed by atoms with E-state index in [1.165, 1.54) is 37.8 Å². The maximum Gasteiger partial charge on any atom is 1.00 e. The van der Waals surface area contributed by atoms with Crippen LogP contribution in [0, 0.1) is 0 Å². The number of esters is 2. The number of rotatable bonds is 13. The largest absolute Gasteiger partial charge is 1.00 e. The standard InChI is InChI=1S/C20H30O7S.K/c1-3-4-5-6-7-8-11-14-26-19(21)17-12-9-10-13-18(17)20(22)27-15-16(2)28(23,24)25;/h9-10,12-13,16H,3-8,11,14-15H2,1-2H3,(H,23,24,25);/q;+1/p-1. The van der Waals surface area contributed by atoms with Gasteiger partial charge in [0.1, 0.15) is 16.7 Å². The minimum absolute atomic E-state index is 0. The predicted octanol–water partition coefficient (Wildman–Crippen LogP) is 0.689. The molecule has 0 radical (unpaired) electrons. The molecule has 0 saturated carbocycles. The first-order valence-corrected chi connectivity index (χ1v) is 11.1. The fraction of sp³-hybridized carbons (Fsp3) is 0.600. The molecule has 1 aromatic rings. The Balaban J connectivity index is 0.00000784. The molecule has 1 rings (SSSR count). The molecule has 0 N–H and O–H groups in total. The molecule has 0 aliphatic heterocycles. The molecule has 9 heteroatoms. The Kier molecular flexibility index (Phi) is 15.3. The van der Waals surface area contributed by atoms with Crippen molar-refractivity contribution in [3.63, 3.8) is 0 Å². The zero-order valence-corrected chi connectivity index (χ0v) is 21.5. The van der Waals surface area contributed by atoms with Crippen LogP contribution in [0.4, 0.5) is 0 Å². The molecule has 1 aromatic carbocycles. The second kappa shape index (κ2) is 15.5. The minimum Gasteiger partial charge on any atom is -0.748 e. The quantitative estimate of drug-likeness (QED) is 0.187. The topological polar surface area (TPSA) is 110 Å².